The second kappa shape index (κ2) is 9.55. The van der Waals surface area contributed by atoms with Crippen LogP contribution in [0.1, 0.15) is 37.0 Å². The standard InChI is InChI=1S/C19H32N4OS/c20-18(21-9-6-17-5-4-14-25-17)22-15-19(7-2-1-3-8-19)16-23-10-12-24-13-11-23/h4-5,14H,1-3,6-13,15-16H2,(H3,20,21,22). The molecule has 1 aliphatic heterocycles. The van der Waals surface area contributed by atoms with E-state index in [0.29, 0.717) is 11.4 Å². The van der Waals surface area contributed by atoms with Crippen molar-refractivity contribution in [2.75, 3.05) is 45.9 Å². The van der Waals surface area contributed by atoms with Crippen molar-refractivity contribution < 1.29 is 4.74 Å². The van der Waals surface area contributed by atoms with Crippen LogP contribution in [0.3, 0.4) is 0 Å². The van der Waals surface area contributed by atoms with Crippen LogP contribution in [0.15, 0.2) is 22.5 Å². The highest BCUT2D eigenvalue weighted by molar-refractivity contribution is 7.09. The van der Waals surface area contributed by atoms with Crippen molar-refractivity contribution in [1.82, 2.24) is 10.2 Å². The smallest absolute Gasteiger partial charge is 0.188 e. The zero-order chi connectivity index (χ0) is 17.4. The SMILES string of the molecule is NC(=NCC1(CN2CCOCC2)CCCCC1)NCCc1cccs1. The molecule has 0 bridgehead atoms. The van der Waals surface area contributed by atoms with Gasteiger partial charge in [-0.25, -0.2) is 0 Å². The van der Waals surface area contributed by atoms with Gasteiger partial charge in [-0.05, 0) is 30.7 Å². The molecule has 0 unspecified atom stereocenters. The fourth-order valence-electron chi connectivity index (χ4n) is 3.98. The van der Waals surface area contributed by atoms with Crippen molar-refractivity contribution in [2.45, 2.75) is 38.5 Å². The molecular formula is C19H32N4OS. The van der Waals surface area contributed by atoms with Gasteiger partial charge in [0.25, 0.3) is 0 Å². The summed E-state index contributed by atoms with van der Waals surface area (Å²) in [4.78, 5) is 8.68. The Kier molecular flexibility index (Phi) is 7.13. The van der Waals surface area contributed by atoms with Crippen LogP contribution >= 0.6 is 11.3 Å². The zero-order valence-corrected chi connectivity index (χ0v) is 16.0. The third-order valence-corrected chi connectivity index (χ3v) is 6.36. The van der Waals surface area contributed by atoms with E-state index >= 15 is 0 Å². The number of rotatable bonds is 7. The Balaban J connectivity index is 1.50. The number of ether oxygens (including phenoxy) is 1. The molecule has 0 amide bonds. The second-order valence-corrected chi connectivity index (χ2v) is 8.44. The summed E-state index contributed by atoms with van der Waals surface area (Å²) in [7, 11) is 0. The van der Waals surface area contributed by atoms with E-state index in [1.165, 1.54) is 37.0 Å². The molecule has 1 aromatic heterocycles. The molecule has 0 radical (unpaired) electrons. The molecule has 2 aliphatic rings. The lowest BCUT2D eigenvalue weighted by atomic mass is 9.73. The fraction of sp³-hybridized carbons (Fsp3) is 0.737. The van der Waals surface area contributed by atoms with E-state index in [1.807, 2.05) is 0 Å². The van der Waals surface area contributed by atoms with E-state index in [9.17, 15) is 0 Å². The second-order valence-electron chi connectivity index (χ2n) is 7.41. The normalized spacial score (nSPS) is 22.0. The number of nitrogens with zero attached hydrogens (tertiary/aromatic N) is 2. The number of hydrogen-bond donors (Lipinski definition) is 2. The van der Waals surface area contributed by atoms with Crippen LogP contribution in [0.25, 0.3) is 0 Å². The molecule has 0 aromatic carbocycles. The van der Waals surface area contributed by atoms with Gasteiger partial charge in [0, 0.05) is 43.0 Å². The summed E-state index contributed by atoms with van der Waals surface area (Å²) in [6, 6.07) is 4.26. The molecule has 6 heteroatoms. The highest BCUT2D eigenvalue weighted by atomic mass is 32.1. The molecule has 1 saturated carbocycles. The lowest BCUT2D eigenvalue weighted by Gasteiger charge is -2.41. The molecule has 1 aliphatic carbocycles. The molecule has 0 spiro atoms. The van der Waals surface area contributed by atoms with Crippen molar-refractivity contribution in [3.63, 3.8) is 0 Å². The molecular weight excluding hydrogens is 332 g/mol. The lowest BCUT2D eigenvalue weighted by molar-refractivity contribution is 0.00939. The molecule has 140 valence electrons. The van der Waals surface area contributed by atoms with Crippen LogP contribution in [-0.4, -0.2) is 56.8 Å². The van der Waals surface area contributed by atoms with Gasteiger partial charge in [0.1, 0.15) is 0 Å². The van der Waals surface area contributed by atoms with E-state index < -0.39 is 0 Å². The first-order valence-corrected chi connectivity index (χ1v) is 10.5. The summed E-state index contributed by atoms with van der Waals surface area (Å²) in [5.74, 6) is 0.600. The molecule has 0 atom stereocenters. The Labute approximate surface area is 155 Å². The summed E-state index contributed by atoms with van der Waals surface area (Å²) >= 11 is 1.79. The minimum absolute atomic E-state index is 0.301. The van der Waals surface area contributed by atoms with Gasteiger partial charge in [0.05, 0.1) is 13.2 Å². The quantitative estimate of drug-likeness (QED) is 0.576. The van der Waals surface area contributed by atoms with Crippen LogP contribution in [-0.2, 0) is 11.2 Å². The van der Waals surface area contributed by atoms with Crippen molar-refractivity contribution >= 4 is 17.3 Å². The molecule has 5 nitrogen and oxygen atoms in total. The Morgan fingerprint density at radius 2 is 2.08 bits per heavy atom. The Morgan fingerprint density at radius 3 is 2.80 bits per heavy atom. The first-order chi connectivity index (χ1) is 12.3. The van der Waals surface area contributed by atoms with E-state index in [1.54, 1.807) is 11.3 Å². The van der Waals surface area contributed by atoms with Gasteiger partial charge in [-0.2, -0.15) is 0 Å². The highest BCUT2D eigenvalue weighted by Gasteiger charge is 2.34. The number of morpholine rings is 1. The average Bonchev–Trinajstić information content (AvgIpc) is 3.15. The molecule has 1 saturated heterocycles. The summed E-state index contributed by atoms with van der Waals surface area (Å²) in [5.41, 5.74) is 6.43. The van der Waals surface area contributed by atoms with Gasteiger partial charge in [-0.3, -0.25) is 9.89 Å². The minimum Gasteiger partial charge on any atom is -0.379 e. The van der Waals surface area contributed by atoms with Gasteiger partial charge >= 0.3 is 0 Å². The Hall–Kier alpha value is -1.11. The zero-order valence-electron chi connectivity index (χ0n) is 15.2. The van der Waals surface area contributed by atoms with E-state index in [-0.39, 0.29) is 0 Å². The van der Waals surface area contributed by atoms with E-state index in [4.69, 9.17) is 15.5 Å². The molecule has 25 heavy (non-hydrogen) atoms. The van der Waals surface area contributed by atoms with Crippen LogP contribution in [0.2, 0.25) is 0 Å². The third kappa shape index (κ3) is 5.97. The lowest BCUT2D eigenvalue weighted by Crippen LogP contribution is -2.46. The Bertz CT molecular complexity index is 520. The number of thiophene rings is 1. The number of nitrogens with one attached hydrogen (secondary N) is 1. The van der Waals surface area contributed by atoms with Crippen LogP contribution < -0.4 is 11.1 Å². The predicted molar refractivity (Wildman–Crippen MR) is 105 cm³/mol. The number of guanidine groups is 1. The summed E-state index contributed by atoms with van der Waals surface area (Å²) in [6.45, 7) is 6.69. The maximum Gasteiger partial charge on any atom is 0.188 e. The maximum atomic E-state index is 6.13. The van der Waals surface area contributed by atoms with Crippen molar-refractivity contribution in [1.29, 1.82) is 0 Å². The van der Waals surface area contributed by atoms with Gasteiger partial charge < -0.3 is 15.8 Å². The molecule has 2 heterocycles. The molecule has 3 N–H and O–H groups in total. The summed E-state index contributed by atoms with van der Waals surface area (Å²) in [6.07, 6.45) is 7.57. The molecule has 2 fully saturated rings. The van der Waals surface area contributed by atoms with Gasteiger partial charge in [-0.15, -0.1) is 11.3 Å². The maximum absolute atomic E-state index is 6.13. The van der Waals surface area contributed by atoms with Gasteiger partial charge in [0.2, 0.25) is 0 Å². The number of hydrogen-bond acceptors (Lipinski definition) is 4. The third-order valence-electron chi connectivity index (χ3n) is 5.42. The first-order valence-electron chi connectivity index (χ1n) is 9.62. The topological polar surface area (TPSA) is 62.9 Å². The van der Waals surface area contributed by atoms with E-state index in [2.05, 4.69) is 27.7 Å². The average molecular weight is 365 g/mol. The van der Waals surface area contributed by atoms with E-state index in [0.717, 1.165) is 52.4 Å². The van der Waals surface area contributed by atoms with Gasteiger partial charge in [0.15, 0.2) is 5.96 Å². The van der Waals surface area contributed by atoms with Crippen LogP contribution in [0.5, 0.6) is 0 Å². The molecule has 3 rings (SSSR count). The predicted octanol–water partition coefficient (Wildman–Crippen LogP) is 2.48. The minimum atomic E-state index is 0.301. The largest absolute Gasteiger partial charge is 0.379 e. The fourth-order valence-corrected chi connectivity index (χ4v) is 4.69. The molecule has 1 aromatic rings. The van der Waals surface area contributed by atoms with Crippen molar-refractivity contribution in [3.05, 3.63) is 22.4 Å². The summed E-state index contributed by atoms with van der Waals surface area (Å²) in [5, 5.41) is 5.40. The van der Waals surface area contributed by atoms with Crippen molar-refractivity contribution in [3.8, 4) is 0 Å². The van der Waals surface area contributed by atoms with Crippen molar-refractivity contribution in [2.24, 2.45) is 16.1 Å². The van der Waals surface area contributed by atoms with Gasteiger partial charge in [-0.1, -0.05) is 25.3 Å². The summed E-state index contributed by atoms with van der Waals surface area (Å²) < 4.78 is 5.50. The Morgan fingerprint density at radius 1 is 1.28 bits per heavy atom. The number of aliphatic imine (C=N–C) groups is 1. The first kappa shape index (κ1) is 18.7. The monoisotopic (exact) mass is 364 g/mol. The highest BCUT2D eigenvalue weighted by Crippen LogP contribution is 2.37. The number of nitrogens with two attached hydrogens (primary N) is 1. The van der Waals surface area contributed by atoms with Crippen LogP contribution in [0.4, 0.5) is 0 Å². The van der Waals surface area contributed by atoms with Crippen LogP contribution in [0, 0.1) is 5.41 Å².